The highest BCUT2D eigenvalue weighted by Gasteiger charge is 2.39. The van der Waals surface area contributed by atoms with Gasteiger partial charge >= 0.3 is 6.09 Å². The zero-order valence-electron chi connectivity index (χ0n) is 31.2. The predicted molar refractivity (Wildman–Crippen MR) is 192 cm³/mol. The molecule has 1 heterocycles. The van der Waals surface area contributed by atoms with Crippen LogP contribution in [0, 0.1) is 23.7 Å². The fraction of sp³-hybridized carbons (Fsp3) is 0.649. The van der Waals surface area contributed by atoms with Crippen LogP contribution in [0.4, 0.5) is 4.79 Å². The van der Waals surface area contributed by atoms with Crippen molar-refractivity contribution in [3.8, 4) is 0 Å². The van der Waals surface area contributed by atoms with E-state index in [0.29, 0.717) is 12.2 Å². The van der Waals surface area contributed by atoms with E-state index in [-0.39, 0.29) is 42.9 Å². The van der Waals surface area contributed by atoms with Gasteiger partial charge in [-0.1, -0.05) is 78.3 Å². The number of carbonyl (C=O) groups is 4. The summed E-state index contributed by atoms with van der Waals surface area (Å²) in [6, 6.07) is 5.91. The van der Waals surface area contributed by atoms with Crippen molar-refractivity contribution in [1.29, 1.82) is 0 Å². The number of ether oxygens (including phenoxy) is 1. The van der Waals surface area contributed by atoms with E-state index in [9.17, 15) is 29.4 Å². The minimum atomic E-state index is -1.49. The maximum Gasteiger partial charge on any atom is 0.408 e. The van der Waals surface area contributed by atoms with E-state index in [1.54, 1.807) is 34.6 Å². The van der Waals surface area contributed by atoms with Gasteiger partial charge in [0.05, 0.1) is 24.4 Å². The van der Waals surface area contributed by atoms with Crippen LogP contribution in [0.2, 0.25) is 0 Å². The molecular formula is C37H60N6O7. The number of H-pyrrole nitrogens is 1. The molecule has 50 heavy (non-hydrogen) atoms. The monoisotopic (exact) mass is 700 g/mol. The van der Waals surface area contributed by atoms with E-state index in [0.717, 1.165) is 12.0 Å². The molecule has 7 atom stereocenters. The van der Waals surface area contributed by atoms with Gasteiger partial charge in [0.1, 0.15) is 23.8 Å². The zero-order chi connectivity index (χ0) is 37.6. The number of hydrogen-bond donors (Lipinski definition) is 7. The fourth-order valence-electron chi connectivity index (χ4n) is 5.52. The Balaban J connectivity index is 2.36. The molecule has 280 valence electrons. The molecule has 0 radical (unpaired) electrons. The zero-order valence-corrected chi connectivity index (χ0v) is 31.2. The Morgan fingerprint density at radius 2 is 1.48 bits per heavy atom. The summed E-state index contributed by atoms with van der Waals surface area (Å²) < 4.78 is 5.41. The van der Waals surface area contributed by atoms with Gasteiger partial charge in [0.2, 0.25) is 17.7 Å². The van der Waals surface area contributed by atoms with Crippen molar-refractivity contribution in [3.63, 3.8) is 0 Å². The summed E-state index contributed by atoms with van der Waals surface area (Å²) in [4.78, 5) is 60.8. The normalized spacial score (nSPS) is 16.0. The minimum absolute atomic E-state index is 0.00666. The van der Waals surface area contributed by atoms with Crippen molar-refractivity contribution in [1.82, 2.24) is 31.2 Å². The molecule has 0 bridgehead atoms. The average Bonchev–Trinajstić information content (AvgIpc) is 3.54. The van der Waals surface area contributed by atoms with Crippen LogP contribution in [0.15, 0.2) is 42.9 Å². The summed E-state index contributed by atoms with van der Waals surface area (Å²) in [7, 11) is 0. The Labute approximate surface area is 297 Å². The molecule has 13 nitrogen and oxygen atoms in total. The van der Waals surface area contributed by atoms with Crippen LogP contribution in [0.5, 0.6) is 0 Å². The van der Waals surface area contributed by atoms with E-state index in [4.69, 9.17) is 4.74 Å². The van der Waals surface area contributed by atoms with E-state index in [1.807, 2.05) is 58.0 Å². The minimum Gasteiger partial charge on any atom is -0.444 e. The summed E-state index contributed by atoms with van der Waals surface area (Å²) in [5, 5.41) is 34.1. The first-order valence-corrected chi connectivity index (χ1v) is 17.7. The Morgan fingerprint density at radius 3 is 2.02 bits per heavy atom. The molecule has 0 saturated heterocycles. The number of hydrogen-bond acceptors (Lipinski definition) is 8. The number of alkyl carbamates (subject to hydrolysis) is 1. The van der Waals surface area contributed by atoms with Gasteiger partial charge in [-0.3, -0.25) is 14.4 Å². The predicted octanol–water partition coefficient (Wildman–Crippen LogP) is 3.26. The Bertz CT molecular complexity index is 1330. The number of aromatic amines is 1. The molecular weight excluding hydrogens is 640 g/mol. The lowest BCUT2D eigenvalue weighted by molar-refractivity contribution is -0.137. The number of nitrogens with one attached hydrogen (secondary N) is 5. The largest absolute Gasteiger partial charge is 0.444 e. The summed E-state index contributed by atoms with van der Waals surface area (Å²) in [6.45, 7) is 17.0. The van der Waals surface area contributed by atoms with Gasteiger partial charge in [-0.2, -0.15) is 0 Å². The van der Waals surface area contributed by atoms with Crippen molar-refractivity contribution in [3.05, 3.63) is 54.1 Å². The lowest BCUT2D eigenvalue weighted by Gasteiger charge is -2.35. The van der Waals surface area contributed by atoms with Crippen LogP contribution in [0.25, 0.3) is 0 Å². The SMILES string of the molecule is CCC(C)CNC(=O)C(C(C)C)C(O)C(O)C(CC(C)C)NC(=O)C(Cc1cnc[nH]1)NC(=O)C(Cc1ccccc1)NC(=O)OC(C)(C)C. The van der Waals surface area contributed by atoms with Gasteiger partial charge in [-0.15, -0.1) is 0 Å². The molecule has 0 spiro atoms. The second kappa shape index (κ2) is 20.0. The van der Waals surface area contributed by atoms with E-state index in [2.05, 4.69) is 31.2 Å². The van der Waals surface area contributed by atoms with Gasteiger partial charge in [-0.05, 0) is 50.5 Å². The van der Waals surface area contributed by atoms with Crippen molar-refractivity contribution in [2.45, 2.75) is 124 Å². The standard InChI is InChI=1S/C37H60N6O7/c1-10-24(6)19-39-35(48)30(23(4)5)32(45)31(44)27(16-22(2)3)41-34(47)29(18-26-20-38-21-40-26)42-33(46)28(17-25-14-12-11-13-15-25)43-36(49)50-37(7,8)9/h11-15,20-24,27-32,44-45H,10,16-19H2,1-9H3,(H,38,40)(H,39,48)(H,41,47)(H,42,46)(H,43,49). The number of carbonyl (C=O) groups excluding carboxylic acids is 4. The van der Waals surface area contributed by atoms with Gasteiger partial charge in [0.25, 0.3) is 0 Å². The molecule has 1 aromatic heterocycles. The molecule has 4 amide bonds. The topological polar surface area (TPSA) is 195 Å². The lowest BCUT2D eigenvalue weighted by Crippen LogP contribution is -2.59. The summed E-state index contributed by atoms with van der Waals surface area (Å²) >= 11 is 0. The molecule has 0 aliphatic carbocycles. The highest BCUT2D eigenvalue weighted by molar-refractivity contribution is 5.91. The number of rotatable bonds is 19. The number of benzene rings is 1. The van der Waals surface area contributed by atoms with Crippen LogP contribution in [0.3, 0.4) is 0 Å². The number of imidazole rings is 1. The summed E-state index contributed by atoms with van der Waals surface area (Å²) in [5.41, 5.74) is 0.533. The Hall–Kier alpha value is -3.97. The van der Waals surface area contributed by atoms with Gasteiger partial charge in [-0.25, -0.2) is 9.78 Å². The molecule has 0 aliphatic heterocycles. The number of amides is 4. The molecule has 7 N–H and O–H groups in total. The smallest absolute Gasteiger partial charge is 0.408 e. The van der Waals surface area contributed by atoms with Crippen molar-refractivity contribution < 1.29 is 34.1 Å². The van der Waals surface area contributed by atoms with E-state index >= 15 is 0 Å². The highest BCUT2D eigenvalue weighted by Crippen LogP contribution is 2.23. The third kappa shape index (κ3) is 14.5. The number of aliphatic hydroxyl groups excluding tert-OH is 2. The third-order valence-electron chi connectivity index (χ3n) is 8.43. The van der Waals surface area contributed by atoms with Crippen molar-refractivity contribution in [2.24, 2.45) is 23.7 Å². The van der Waals surface area contributed by atoms with Gasteiger partial charge in [0.15, 0.2) is 0 Å². The molecule has 0 saturated carbocycles. The van der Waals surface area contributed by atoms with Crippen LogP contribution in [-0.4, -0.2) is 86.5 Å². The molecule has 13 heteroatoms. The first kappa shape index (κ1) is 42.2. The molecule has 0 aliphatic rings. The van der Waals surface area contributed by atoms with Crippen LogP contribution in [-0.2, 0) is 32.0 Å². The number of aromatic nitrogens is 2. The molecule has 2 rings (SSSR count). The Kier molecular flexibility index (Phi) is 16.9. The summed E-state index contributed by atoms with van der Waals surface area (Å²) in [5.74, 6) is -2.62. The average molecular weight is 701 g/mol. The second-order valence-corrected chi connectivity index (χ2v) is 15.0. The van der Waals surface area contributed by atoms with Crippen LogP contribution < -0.4 is 21.3 Å². The van der Waals surface area contributed by atoms with E-state index in [1.165, 1.54) is 12.5 Å². The molecule has 2 aromatic rings. The summed E-state index contributed by atoms with van der Waals surface area (Å²) in [6.07, 6.45) is 0.520. The maximum atomic E-state index is 14.0. The first-order chi connectivity index (χ1) is 23.4. The molecule has 7 unspecified atom stereocenters. The van der Waals surface area contributed by atoms with E-state index < -0.39 is 59.8 Å². The molecule has 0 fully saturated rings. The van der Waals surface area contributed by atoms with Crippen molar-refractivity contribution in [2.75, 3.05) is 6.54 Å². The first-order valence-electron chi connectivity index (χ1n) is 17.7. The highest BCUT2D eigenvalue weighted by atomic mass is 16.6. The van der Waals surface area contributed by atoms with Crippen LogP contribution in [0.1, 0.15) is 86.4 Å². The quantitative estimate of drug-likeness (QED) is 0.116. The van der Waals surface area contributed by atoms with Crippen LogP contribution >= 0.6 is 0 Å². The number of aliphatic hydroxyl groups is 2. The van der Waals surface area contributed by atoms with Gasteiger partial charge < -0.3 is 41.2 Å². The van der Waals surface area contributed by atoms with Gasteiger partial charge in [0, 0.05) is 31.3 Å². The Morgan fingerprint density at radius 1 is 0.860 bits per heavy atom. The fourth-order valence-corrected chi connectivity index (χ4v) is 5.52. The van der Waals surface area contributed by atoms with Crippen molar-refractivity contribution >= 4 is 23.8 Å². The second-order valence-electron chi connectivity index (χ2n) is 15.0. The maximum absolute atomic E-state index is 14.0. The molecule has 1 aromatic carbocycles. The third-order valence-corrected chi connectivity index (χ3v) is 8.43. The number of nitrogens with zero attached hydrogens (tertiary/aromatic N) is 1. The lowest BCUT2D eigenvalue weighted by atomic mass is 9.83.